The molecule has 112 valence electrons. The van der Waals surface area contributed by atoms with Crippen LogP contribution in [0.3, 0.4) is 0 Å². The molecule has 1 N–H and O–H groups in total. The minimum Gasteiger partial charge on any atom is -0.444 e. The molecule has 20 heavy (non-hydrogen) atoms. The van der Waals surface area contributed by atoms with Crippen LogP contribution in [0.5, 0.6) is 0 Å². The average molecular weight is 281 g/mol. The first kappa shape index (κ1) is 14.8. The zero-order valence-corrected chi connectivity index (χ0v) is 12.6. The lowest BCUT2D eigenvalue weighted by Crippen LogP contribution is -2.49. The Hall–Kier alpha value is -1.63. The van der Waals surface area contributed by atoms with Crippen LogP contribution in [0.4, 0.5) is 4.79 Å². The number of H-pyrrole nitrogens is 1. The number of carbonyl (C=O) groups is 1. The van der Waals surface area contributed by atoms with Gasteiger partial charge in [-0.15, -0.1) is 0 Å². The van der Waals surface area contributed by atoms with Crippen molar-refractivity contribution >= 4 is 6.09 Å². The van der Waals surface area contributed by atoms with E-state index in [1.165, 1.54) is 0 Å². The van der Waals surface area contributed by atoms with Gasteiger partial charge in [-0.1, -0.05) is 0 Å². The third kappa shape index (κ3) is 4.19. The van der Waals surface area contributed by atoms with Crippen molar-refractivity contribution in [2.45, 2.75) is 39.8 Å². The minimum atomic E-state index is -0.440. The molecule has 1 fully saturated rings. The van der Waals surface area contributed by atoms with E-state index in [4.69, 9.17) is 4.74 Å². The van der Waals surface area contributed by atoms with E-state index in [0.29, 0.717) is 19.6 Å². The standard InChI is InChI=1S/C13H23N5O2/c1-10-14-11(16-15-10)9-17-5-7-18(8-6-17)12(19)20-13(2,3)4/h5-9H2,1-4H3,(H,14,15,16). The first-order valence-electron chi connectivity index (χ1n) is 6.92. The fraction of sp³-hybridized carbons (Fsp3) is 0.769. The van der Waals surface area contributed by atoms with Crippen LogP contribution in [0.2, 0.25) is 0 Å². The monoisotopic (exact) mass is 281 g/mol. The number of piperazine rings is 1. The highest BCUT2D eigenvalue weighted by Crippen LogP contribution is 2.12. The quantitative estimate of drug-likeness (QED) is 0.880. The minimum absolute atomic E-state index is 0.231. The summed E-state index contributed by atoms with van der Waals surface area (Å²) in [7, 11) is 0. The van der Waals surface area contributed by atoms with Crippen LogP contribution in [-0.2, 0) is 11.3 Å². The number of aromatic amines is 1. The largest absolute Gasteiger partial charge is 0.444 e. The highest BCUT2D eigenvalue weighted by Gasteiger charge is 2.26. The van der Waals surface area contributed by atoms with Crippen LogP contribution in [0.1, 0.15) is 32.4 Å². The molecule has 7 nitrogen and oxygen atoms in total. The van der Waals surface area contributed by atoms with Crippen molar-refractivity contribution in [3.05, 3.63) is 11.6 Å². The molecule has 1 aliphatic heterocycles. The van der Waals surface area contributed by atoms with Crippen LogP contribution in [-0.4, -0.2) is 62.9 Å². The summed E-state index contributed by atoms with van der Waals surface area (Å²) in [4.78, 5) is 20.2. The lowest BCUT2D eigenvalue weighted by Gasteiger charge is -2.35. The van der Waals surface area contributed by atoms with Crippen LogP contribution in [0, 0.1) is 6.92 Å². The van der Waals surface area contributed by atoms with E-state index in [1.54, 1.807) is 4.90 Å². The smallest absolute Gasteiger partial charge is 0.410 e. The van der Waals surface area contributed by atoms with E-state index >= 15 is 0 Å². The summed E-state index contributed by atoms with van der Waals surface area (Å²) >= 11 is 0. The summed E-state index contributed by atoms with van der Waals surface area (Å²) in [6, 6.07) is 0. The van der Waals surface area contributed by atoms with Crippen molar-refractivity contribution in [2.75, 3.05) is 26.2 Å². The van der Waals surface area contributed by atoms with Crippen molar-refractivity contribution in [3.8, 4) is 0 Å². The normalized spacial score (nSPS) is 17.3. The van der Waals surface area contributed by atoms with Crippen molar-refractivity contribution in [3.63, 3.8) is 0 Å². The highest BCUT2D eigenvalue weighted by molar-refractivity contribution is 5.68. The lowest BCUT2D eigenvalue weighted by molar-refractivity contribution is 0.0137. The first-order valence-corrected chi connectivity index (χ1v) is 6.92. The molecule has 0 atom stereocenters. The van der Waals surface area contributed by atoms with Gasteiger partial charge in [-0.05, 0) is 27.7 Å². The predicted octanol–water partition coefficient (Wildman–Crippen LogP) is 1.17. The van der Waals surface area contributed by atoms with E-state index in [9.17, 15) is 4.79 Å². The van der Waals surface area contributed by atoms with E-state index in [-0.39, 0.29) is 6.09 Å². The summed E-state index contributed by atoms with van der Waals surface area (Å²) in [5, 5.41) is 6.97. The number of hydrogen-bond acceptors (Lipinski definition) is 5. The number of ether oxygens (including phenoxy) is 1. The number of carbonyl (C=O) groups excluding carboxylic acids is 1. The van der Waals surface area contributed by atoms with Gasteiger partial charge >= 0.3 is 6.09 Å². The van der Waals surface area contributed by atoms with Gasteiger partial charge in [-0.25, -0.2) is 9.78 Å². The molecule has 2 rings (SSSR count). The molecule has 7 heteroatoms. The fourth-order valence-corrected chi connectivity index (χ4v) is 2.07. The molecule has 1 aromatic rings. The molecular formula is C13H23N5O2. The zero-order chi connectivity index (χ0) is 14.8. The summed E-state index contributed by atoms with van der Waals surface area (Å²) in [5.41, 5.74) is -0.440. The summed E-state index contributed by atoms with van der Waals surface area (Å²) in [5.74, 6) is 1.63. The van der Waals surface area contributed by atoms with Crippen molar-refractivity contribution in [1.29, 1.82) is 0 Å². The molecule has 0 bridgehead atoms. The van der Waals surface area contributed by atoms with Gasteiger partial charge in [0, 0.05) is 26.2 Å². The van der Waals surface area contributed by atoms with Crippen molar-refractivity contribution in [2.24, 2.45) is 0 Å². The van der Waals surface area contributed by atoms with Gasteiger partial charge in [0.05, 0.1) is 6.54 Å². The Bertz CT molecular complexity index is 458. The Kier molecular flexibility index (Phi) is 4.27. The number of rotatable bonds is 2. The Balaban J connectivity index is 1.79. The number of amides is 1. The third-order valence-corrected chi connectivity index (χ3v) is 3.03. The van der Waals surface area contributed by atoms with Gasteiger partial charge in [-0.2, -0.15) is 5.10 Å². The maximum absolute atomic E-state index is 11.9. The molecule has 1 amide bonds. The van der Waals surface area contributed by atoms with E-state index in [1.807, 2.05) is 27.7 Å². The Morgan fingerprint density at radius 1 is 1.30 bits per heavy atom. The second-order valence-electron chi connectivity index (χ2n) is 6.08. The Morgan fingerprint density at radius 2 is 1.95 bits per heavy atom. The van der Waals surface area contributed by atoms with Gasteiger partial charge < -0.3 is 9.64 Å². The lowest BCUT2D eigenvalue weighted by atomic mass is 10.2. The van der Waals surface area contributed by atoms with E-state index < -0.39 is 5.60 Å². The topological polar surface area (TPSA) is 74.3 Å². The first-order chi connectivity index (χ1) is 9.33. The molecule has 1 aliphatic rings. The van der Waals surface area contributed by atoms with Crippen LogP contribution in [0.15, 0.2) is 0 Å². The van der Waals surface area contributed by atoms with Gasteiger partial charge in [0.1, 0.15) is 11.4 Å². The van der Waals surface area contributed by atoms with Gasteiger partial charge in [0.25, 0.3) is 0 Å². The van der Waals surface area contributed by atoms with Crippen LogP contribution < -0.4 is 0 Å². The van der Waals surface area contributed by atoms with E-state index in [2.05, 4.69) is 20.1 Å². The van der Waals surface area contributed by atoms with E-state index in [0.717, 1.165) is 24.7 Å². The number of nitrogens with one attached hydrogen (secondary N) is 1. The number of nitrogens with zero attached hydrogens (tertiary/aromatic N) is 4. The third-order valence-electron chi connectivity index (χ3n) is 3.03. The maximum Gasteiger partial charge on any atom is 0.410 e. The molecule has 0 radical (unpaired) electrons. The molecule has 0 aliphatic carbocycles. The Morgan fingerprint density at radius 3 is 2.45 bits per heavy atom. The predicted molar refractivity (Wildman–Crippen MR) is 74.2 cm³/mol. The summed E-state index contributed by atoms with van der Waals surface area (Å²) < 4.78 is 5.37. The molecule has 0 saturated carbocycles. The number of hydrogen-bond donors (Lipinski definition) is 1. The van der Waals surface area contributed by atoms with Crippen molar-refractivity contribution in [1.82, 2.24) is 25.0 Å². The van der Waals surface area contributed by atoms with Crippen molar-refractivity contribution < 1.29 is 9.53 Å². The molecule has 1 saturated heterocycles. The SMILES string of the molecule is Cc1nc(CN2CCN(C(=O)OC(C)(C)C)CC2)n[nH]1. The van der Waals surface area contributed by atoms with Crippen LogP contribution >= 0.6 is 0 Å². The number of aromatic nitrogens is 3. The van der Waals surface area contributed by atoms with Gasteiger partial charge in [-0.3, -0.25) is 10.00 Å². The average Bonchev–Trinajstić information content (AvgIpc) is 2.73. The van der Waals surface area contributed by atoms with Crippen LogP contribution in [0.25, 0.3) is 0 Å². The summed E-state index contributed by atoms with van der Waals surface area (Å²) in [6.07, 6.45) is -0.231. The zero-order valence-electron chi connectivity index (χ0n) is 12.6. The molecular weight excluding hydrogens is 258 g/mol. The molecule has 0 unspecified atom stereocenters. The fourth-order valence-electron chi connectivity index (χ4n) is 2.07. The Labute approximate surface area is 119 Å². The number of aryl methyl sites for hydroxylation is 1. The maximum atomic E-state index is 11.9. The molecule has 0 spiro atoms. The second-order valence-corrected chi connectivity index (χ2v) is 6.08. The molecule has 0 aromatic carbocycles. The van der Waals surface area contributed by atoms with Gasteiger partial charge in [0.2, 0.25) is 0 Å². The second kappa shape index (κ2) is 5.78. The van der Waals surface area contributed by atoms with Gasteiger partial charge in [0.15, 0.2) is 5.82 Å². The molecule has 2 heterocycles. The molecule has 1 aromatic heterocycles. The highest BCUT2D eigenvalue weighted by atomic mass is 16.6. The summed E-state index contributed by atoms with van der Waals surface area (Å²) in [6.45, 7) is 11.2.